The zero-order chi connectivity index (χ0) is 16.1. The van der Waals surface area contributed by atoms with Gasteiger partial charge in [-0.2, -0.15) is 0 Å². The number of nitrogens with two attached hydrogens (primary N) is 1. The lowest BCUT2D eigenvalue weighted by Gasteiger charge is -2.11. The molecule has 1 amide bonds. The summed E-state index contributed by atoms with van der Waals surface area (Å²) < 4.78 is 0. The standard InChI is InChI=1S/C15H14N4O3/c1-10(11-4-2-6-13(16)8-11)17-18-15(20)12-5-3-7-14(9-12)19(21)22/h2-9,17H,1,16H2,(H,18,20). The Bertz CT molecular complexity index is 743. The lowest BCUT2D eigenvalue weighted by Crippen LogP contribution is -2.35. The molecule has 0 aromatic heterocycles. The molecule has 22 heavy (non-hydrogen) atoms. The van der Waals surface area contributed by atoms with E-state index >= 15 is 0 Å². The van der Waals surface area contributed by atoms with Crippen LogP contribution >= 0.6 is 0 Å². The summed E-state index contributed by atoms with van der Waals surface area (Å²) in [6.45, 7) is 3.79. The van der Waals surface area contributed by atoms with Gasteiger partial charge >= 0.3 is 0 Å². The van der Waals surface area contributed by atoms with Crippen LogP contribution in [0.4, 0.5) is 11.4 Å². The van der Waals surface area contributed by atoms with Crippen LogP contribution in [0, 0.1) is 10.1 Å². The van der Waals surface area contributed by atoms with E-state index in [1.54, 1.807) is 24.3 Å². The summed E-state index contributed by atoms with van der Waals surface area (Å²) in [5.74, 6) is -0.506. The minimum absolute atomic E-state index is 0.151. The van der Waals surface area contributed by atoms with Crippen molar-refractivity contribution in [2.24, 2.45) is 0 Å². The van der Waals surface area contributed by atoms with Crippen LogP contribution in [0.25, 0.3) is 5.70 Å². The van der Waals surface area contributed by atoms with Crippen LogP contribution in [0.2, 0.25) is 0 Å². The average Bonchev–Trinajstić information content (AvgIpc) is 2.52. The number of nitrogen functional groups attached to an aromatic ring is 1. The van der Waals surface area contributed by atoms with Gasteiger partial charge in [-0.05, 0) is 18.2 Å². The van der Waals surface area contributed by atoms with E-state index in [2.05, 4.69) is 17.4 Å². The van der Waals surface area contributed by atoms with Crippen molar-refractivity contribution >= 4 is 23.0 Å². The highest BCUT2D eigenvalue weighted by atomic mass is 16.6. The summed E-state index contributed by atoms with van der Waals surface area (Å²) in [6.07, 6.45) is 0. The van der Waals surface area contributed by atoms with Gasteiger partial charge < -0.3 is 5.73 Å². The van der Waals surface area contributed by atoms with Crippen LogP contribution in [-0.2, 0) is 0 Å². The fraction of sp³-hybridized carbons (Fsp3) is 0. The van der Waals surface area contributed by atoms with Crippen molar-refractivity contribution in [1.82, 2.24) is 10.9 Å². The molecule has 0 bridgehead atoms. The maximum absolute atomic E-state index is 12.0. The Hall–Kier alpha value is -3.35. The van der Waals surface area contributed by atoms with Gasteiger partial charge in [0.15, 0.2) is 0 Å². The van der Waals surface area contributed by atoms with Crippen molar-refractivity contribution in [3.8, 4) is 0 Å². The number of nitrogens with zero attached hydrogens (tertiary/aromatic N) is 1. The second kappa shape index (κ2) is 6.40. The molecule has 0 aliphatic rings. The Kier molecular flexibility index (Phi) is 4.38. The number of carbonyl (C=O) groups is 1. The van der Waals surface area contributed by atoms with Crippen LogP contribution in [0.1, 0.15) is 15.9 Å². The highest BCUT2D eigenvalue weighted by Gasteiger charge is 2.11. The molecule has 0 aliphatic carbocycles. The molecule has 0 radical (unpaired) electrons. The fourth-order valence-corrected chi connectivity index (χ4v) is 1.76. The van der Waals surface area contributed by atoms with E-state index in [1.807, 2.05) is 0 Å². The number of rotatable bonds is 5. The Morgan fingerprint density at radius 2 is 1.77 bits per heavy atom. The largest absolute Gasteiger partial charge is 0.399 e. The van der Waals surface area contributed by atoms with Crippen molar-refractivity contribution < 1.29 is 9.72 Å². The van der Waals surface area contributed by atoms with Crippen LogP contribution in [0.5, 0.6) is 0 Å². The lowest BCUT2D eigenvalue weighted by atomic mass is 10.1. The molecular formula is C15H14N4O3. The number of hydrazine groups is 1. The number of amides is 1. The summed E-state index contributed by atoms with van der Waals surface area (Å²) in [6, 6.07) is 12.4. The third-order valence-electron chi connectivity index (χ3n) is 2.88. The zero-order valence-electron chi connectivity index (χ0n) is 11.6. The predicted octanol–water partition coefficient (Wildman–Crippen LogP) is 2.08. The molecule has 0 saturated heterocycles. The van der Waals surface area contributed by atoms with E-state index in [0.717, 1.165) is 5.56 Å². The SMILES string of the molecule is C=C(NNC(=O)c1cccc([N+](=O)[O-])c1)c1cccc(N)c1. The smallest absolute Gasteiger partial charge is 0.270 e. The van der Waals surface area contributed by atoms with Crippen LogP contribution in [0.15, 0.2) is 55.1 Å². The molecule has 2 aromatic rings. The number of non-ortho nitro benzene ring substituents is 1. The molecular weight excluding hydrogens is 284 g/mol. The Morgan fingerprint density at radius 3 is 2.45 bits per heavy atom. The van der Waals surface area contributed by atoms with Crippen molar-refractivity contribution in [1.29, 1.82) is 0 Å². The lowest BCUT2D eigenvalue weighted by molar-refractivity contribution is -0.384. The summed E-state index contributed by atoms with van der Waals surface area (Å²) >= 11 is 0. The Balaban J connectivity index is 2.02. The molecule has 0 spiro atoms. The summed E-state index contributed by atoms with van der Waals surface area (Å²) in [4.78, 5) is 22.1. The van der Waals surface area contributed by atoms with Gasteiger partial charge in [0.2, 0.25) is 0 Å². The van der Waals surface area contributed by atoms with Gasteiger partial charge in [0.1, 0.15) is 0 Å². The third kappa shape index (κ3) is 3.60. The number of nitro groups is 1. The van der Waals surface area contributed by atoms with E-state index in [0.29, 0.717) is 11.4 Å². The third-order valence-corrected chi connectivity index (χ3v) is 2.88. The summed E-state index contributed by atoms with van der Waals surface area (Å²) in [5.41, 5.74) is 12.5. The molecule has 0 saturated carbocycles. The van der Waals surface area contributed by atoms with Gasteiger partial charge in [0, 0.05) is 28.9 Å². The van der Waals surface area contributed by atoms with Gasteiger partial charge in [-0.1, -0.05) is 24.8 Å². The van der Waals surface area contributed by atoms with Crippen LogP contribution < -0.4 is 16.6 Å². The van der Waals surface area contributed by atoms with E-state index in [-0.39, 0.29) is 11.3 Å². The Morgan fingerprint density at radius 1 is 1.09 bits per heavy atom. The molecule has 0 aliphatic heterocycles. The topological polar surface area (TPSA) is 110 Å². The van der Waals surface area contributed by atoms with E-state index in [4.69, 9.17) is 5.73 Å². The Labute approximate surface area is 126 Å². The predicted molar refractivity (Wildman–Crippen MR) is 83.6 cm³/mol. The molecule has 0 atom stereocenters. The van der Waals surface area contributed by atoms with Gasteiger partial charge in [0.25, 0.3) is 11.6 Å². The first-order valence-corrected chi connectivity index (χ1v) is 6.33. The van der Waals surface area contributed by atoms with Crippen molar-refractivity contribution in [2.45, 2.75) is 0 Å². The number of hydrogen-bond acceptors (Lipinski definition) is 5. The van der Waals surface area contributed by atoms with E-state index < -0.39 is 10.8 Å². The molecule has 0 fully saturated rings. The van der Waals surface area contributed by atoms with Crippen molar-refractivity contribution in [3.63, 3.8) is 0 Å². The van der Waals surface area contributed by atoms with E-state index in [9.17, 15) is 14.9 Å². The number of nitro benzene ring substituents is 1. The summed E-state index contributed by atoms with van der Waals surface area (Å²) in [5, 5.41) is 10.7. The van der Waals surface area contributed by atoms with Crippen molar-refractivity contribution in [3.05, 3.63) is 76.4 Å². The second-order valence-corrected chi connectivity index (χ2v) is 4.49. The number of hydrogen-bond donors (Lipinski definition) is 3. The highest BCUT2D eigenvalue weighted by Crippen LogP contribution is 2.14. The molecule has 4 N–H and O–H groups in total. The average molecular weight is 298 g/mol. The fourth-order valence-electron chi connectivity index (χ4n) is 1.76. The van der Waals surface area contributed by atoms with Crippen LogP contribution in [-0.4, -0.2) is 10.8 Å². The van der Waals surface area contributed by atoms with Gasteiger partial charge in [-0.25, -0.2) is 0 Å². The first kappa shape index (κ1) is 15.0. The minimum Gasteiger partial charge on any atom is -0.399 e. The number of carbonyl (C=O) groups excluding carboxylic acids is 1. The molecule has 112 valence electrons. The molecule has 0 heterocycles. The number of anilines is 1. The second-order valence-electron chi connectivity index (χ2n) is 4.49. The zero-order valence-corrected chi connectivity index (χ0v) is 11.6. The highest BCUT2D eigenvalue weighted by molar-refractivity contribution is 5.95. The monoisotopic (exact) mass is 298 g/mol. The van der Waals surface area contributed by atoms with Gasteiger partial charge in [0.05, 0.1) is 10.6 Å². The summed E-state index contributed by atoms with van der Waals surface area (Å²) in [7, 11) is 0. The quantitative estimate of drug-likeness (QED) is 0.444. The maximum Gasteiger partial charge on any atom is 0.270 e. The molecule has 2 aromatic carbocycles. The number of benzene rings is 2. The van der Waals surface area contributed by atoms with E-state index in [1.165, 1.54) is 24.3 Å². The normalized spacial score (nSPS) is 9.82. The molecule has 7 heteroatoms. The maximum atomic E-state index is 12.0. The van der Waals surface area contributed by atoms with Gasteiger partial charge in [-0.3, -0.25) is 25.8 Å². The van der Waals surface area contributed by atoms with Crippen LogP contribution in [0.3, 0.4) is 0 Å². The molecule has 7 nitrogen and oxygen atoms in total. The van der Waals surface area contributed by atoms with Crippen molar-refractivity contribution in [2.75, 3.05) is 5.73 Å². The first-order valence-electron chi connectivity index (χ1n) is 6.33. The first-order chi connectivity index (χ1) is 10.5. The number of nitrogens with one attached hydrogen (secondary N) is 2. The minimum atomic E-state index is -0.560. The van der Waals surface area contributed by atoms with Gasteiger partial charge in [-0.15, -0.1) is 0 Å². The molecule has 2 rings (SSSR count). The molecule has 0 unspecified atom stereocenters.